The predicted octanol–water partition coefficient (Wildman–Crippen LogP) is 3.89. The van der Waals surface area contributed by atoms with E-state index in [4.69, 9.17) is 0 Å². The molecule has 0 unspecified atom stereocenters. The van der Waals surface area contributed by atoms with Gasteiger partial charge in [-0.1, -0.05) is 11.8 Å². The first-order chi connectivity index (χ1) is 11.1. The summed E-state index contributed by atoms with van der Waals surface area (Å²) in [5.41, 5.74) is -0.733. The number of nitrogens with one attached hydrogen (secondary N) is 1. The second kappa shape index (κ2) is 6.88. The zero-order valence-electron chi connectivity index (χ0n) is 13.4. The highest BCUT2D eigenvalue weighted by Gasteiger charge is 2.32. The van der Waals surface area contributed by atoms with Crippen molar-refractivity contribution in [3.63, 3.8) is 0 Å². The number of likely N-dealkylation sites (N-methyl/N-ethyl adjacent to an activating group) is 1. The van der Waals surface area contributed by atoms with Crippen LogP contribution in [0.2, 0.25) is 0 Å². The molecule has 4 nitrogen and oxygen atoms in total. The van der Waals surface area contributed by atoms with Crippen molar-refractivity contribution in [1.82, 2.24) is 4.90 Å². The maximum absolute atomic E-state index is 12.7. The van der Waals surface area contributed by atoms with Crippen LogP contribution in [0.3, 0.4) is 0 Å². The summed E-state index contributed by atoms with van der Waals surface area (Å²) in [6.45, 7) is 6.06. The van der Waals surface area contributed by atoms with Gasteiger partial charge in [0.2, 0.25) is 5.91 Å². The SMILES string of the molecule is CCN(C(=O)C=C1Sc2ccc(C(F)(F)F)cc2NC1=O)C(C)C. The second-order valence-corrected chi connectivity index (χ2v) is 6.58. The lowest BCUT2D eigenvalue weighted by Gasteiger charge is -2.25. The van der Waals surface area contributed by atoms with Crippen molar-refractivity contribution < 1.29 is 22.8 Å². The van der Waals surface area contributed by atoms with Gasteiger partial charge in [0.05, 0.1) is 16.2 Å². The first kappa shape index (κ1) is 18.4. The standard InChI is InChI=1S/C16H17F3N2O2S/c1-4-21(9(2)3)14(22)8-13-15(23)20-11-7-10(16(17,18)19)5-6-12(11)24-13/h5-9H,4H2,1-3H3,(H,20,23). The number of hydrogen-bond acceptors (Lipinski definition) is 3. The van der Waals surface area contributed by atoms with E-state index in [1.807, 2.05) is 20.8 Å². The molecular weight excluding hydrogens is 341 g/mol. The fourth-order valence-electron chi connectivity index (χ4n) is 2.31. The number of amides is 2. The highest BCUT2D eigenvalue weighted by atomic mass is 32.2. The lowest BCUT2D eigenvalue weighted by molar-refractivity contribution is -0.137. The Bertz CT molecular complexity index is 699. The summed E-state index contributed by atoms with van der Waals surface area (Å²) in [4.78, 5) is 26.5. The molecule has 0 aromatic heterocycles. The smallest absolute Gasteiger partial charge is 0.337 e. The topological polar surface area (TPSA) is 49.4 Å². The van der Waals surface area contributed by atoms with Crippen LogP contribution in [0.1, 0.15) is 26.3 Å². The van der Waals surface area contributed by atoms with Crippen molar-refractivity contribution in [1.29, 1.82) is 0 Å². The molecule has 130 valence electrons. The van der Waals surface area contributed by atoms with E-state index in [0.717, 1.165) is 23.9 Å². The van der Waals surface area contributed by atoms with Gasteiger partial charge in [-0.25, -0.2) is 0 Å². The first-order valence-corrected chi connectivity index (χ1v) is 8.18. The Morgan fingerprint density at radius 2 is 2.04 bits per heavy atom. The van der Waals surface area contributed by atoms with E-state index >= 15 is 0 Å². The van der Waals surface area contributed by atoms with Gasteiger partial charge in [-0.05, 0) is 39.0 Å². The maximum atomic E-state index is 12.7. The molecule has 2 rings (SSSR count). The Hall–Kier alpha value is -1.96. The maximum Gasteiger partial charge on any atom is 0.416 e. The summed E-state index contributed by atoms with van der Waals surface area (Å²) >= 11 is 0.987. The molecule has 1 aromatic rings. The van der Waals surface area contributed by atoms with Crippen LogP contribution in [0.25, 0.3) is 0 Å². The van der Waals surface area contributed by atoms with Gasteiger partial charge in [0.25, 0.3) is 5.91 Å². The van der Waals surface area contributed by atoms with Gasteiger partial charge in [0, 0.05) is 23.6 Å². The van der Waals surface area contributed by atoms with E-state index in [1.54, 1.807) is 4.90 Å². The number of carbonyl (C=O) groups is 2. The van der Waals surface area contributed by atoms with E-state index in [2.05, 4.69) is 5.32 Å². The lowest BCUT2D eigenvalue weighted by Crippen LogP contribution is -2.36. The van der Waals surface area contributed by atoms with Crippen LogP contribution in [0.4, 0.5) is 18.9 Å². The van der Waals surface area contributed by atoms with E-state index in [-0.39, 0.29) is 22.5 Å². The molecule has 1 aliphatic rings. The van der Waals surface area contributed by atoms with E-state index in [9.17, 15) is 22.8 Å². The van der Waals surface area contributed by atoms with Crippen molar-refractivity contribution in [2.75, 3.05) is 11.9 Å². The Balaban J connectivity index is 2.28. The van der Waals surface area contributed by atoms with Gasteiger partial charge in [-0.2, -0.15) is 13.2 Å². The monoisotopic (exact) mass is 358 g/mol. The number of alkyl halides is 3. The molecule has 0 spiro atoms. The molecule has 1 N–H and O–H groups in total. The van der Waals surface area contributed by atoms with Crippen LogP contribution in [0.15, 0.2) is 34.1 Å². The summed E-state index contributed by atoms with van der Waals surface area (Å²) in [5, 5.41) is 2.42. The number of rotatable bonds is 3. The Kier molecular flexibility index (Phi) is 5.27. The van der Waals surface area contributed by atoms with Crippen molar-refractivity contribution in [3.8, 4) is 0 Å². The average Bonchev–Trinajstić information content (AvgIpc) is 2.46. The number of carbonyl (C=O) groups excluding carboxylic acids is 2. The highest BCUT2D eigenvalue weighted by molar-refractivity contribution is 8.04. The number of fused-ring (bicyclic) bond motifs is 1. The van der Waals surface area contributed by atoms with Crippen LogP contribution in [-0.2, 0) is 15.8 Å². The van der Waals surface area contributed by atoms with Gasteiger partial charge < -0.3 is 10.2 Å². The Morgan fingerprint density at radius 3 is 2.58 bits per heavy atom. The Morgan fingerprint density at radius 1 is 1.38 bits per heavy atom. The number of anilines is 1. The van der Waals surface area contributed by atoms with Gasteiger partial charge in [-0.3, -0.25) is 9.59 Å². The van der Waals surface area contributed by atoms with Crippen molar-refractivity contribution in [2.45, 2.75) is 37.9 Å². The van der Waals surface area contributed by atoms with E-state index in [1.165, 1.54) is 12.1 Å². The zero-order chi connectivity index (χ0) is 18.1. The molecule has 1 aromatic carbocycles. The van der Waals surface area contributed by atoms with Gasteiger partial charge in [0.15, 0.2) is 0 Å². The number of hydrogen-bond donors (Lipinski definition) is 1. The molecule has 0 aliphatic carbocycles. The second-order valence-electron chi connectivity index (χ2n) is 5.49. The molecule has 0 bridgehead atoms. The molecule has 1 aliphatic heterocycles. The summed E-state index contributed by atoms with van der Waals surface area (Å²) in [6, 6.07) is 3.12. The number of thioether (sulfide) groups is 1. The number of benzene rings is 1. The predicted molar refractivity (Wildman–Crippen MR) is 86.5 cm³/mol. The quantitative estimate of drug-likeness (QED) is 0.834. The number of nitrogens with zero attached hydrogens (tertiary/aromatic N) is 1. The molecule has 0 atom stereocenters. The molecule has 0 radical (unpaired) electrons. The third kappa shape index (κ3) is 3.92. The summed E-state index contributed by atoms with van der Waals surface area (Å²) < 4.78 is 38.2. The average molecular weight is 358 g/mol. The van der Waals surface area contributed by atoms with Crippen LogP contribution >= 0.6 is 11.8 Å². The van der Waals surface area contributed by atoms with Gasteiger partial charge >= 0.3 is 6.18 Å². The number of halogens is 3. The normalized spacial score (nSPS) is 16.1. The van der Waals surface area contributed by atoms with E-state index in [0.29, 0.717) is 11.4 Å². The molecule has 2 amide bonds. The highest BCUT2D eigenvalue weighted by Crippen LogP contribution is 2.41. The largest absolute Gasteiger partial charge is 0.416 e. The zero-order valence-corrected chi connectivity index (χ0v) is 14.2. The molecule has 1 heterocycles. The molecule has 0 saturated heterocycles. The minimum Gasteiger partial charge on any atom is -0.337 e. The van der Waals surface area contributed by atoms with Crippen molar-refractivity contribution in [3.05, 3.63) is 34.7 Å². The summed E-state index contributed by atoms with van der Waals surface area (Å²) in [7, 11) is 0. The minimum absolute atomic E-state index is 0.0161. The summed E-state index contributed by atoms with van der Waals surface area (Å²) in [5.74, 6) is -0.888. The first-order valence-electron chi connectivity index (χ1n) is 7.36. The minimum atomic E-state index is -4.48. The lowest BCUT2D eigenvalue weighted by atomic mass is 10.2. The van der Waals surface area contributed by atoms with Gasteiger partial charge in [0.1, 0.15) is 0 Å². The van der Waals surface area contributed by atoms with Crippen molar-refractivity contribution >= 4 is 29.3 Å². The third-order valence-electron chi connectivity index (χ3n) is 3.50. The van der Waals surface area contributed by atoms with E-state index < -0.39 is 17.6 Å². The third-order valence-corrected chi connectivity index (χ3v) is 4.60. The van der Waals surface area contributed by atoms with Crippen LogP contribution in [-0.4, -0.2) is 29.3 Å². The molecule has 0 saturated carbocycles. The van der Waals surface area contributed by atoms with Crippen molar-refractivity contribution in [2.24, 2.45) is 0 Å². The van der Waals surface area contributed by atoms with Crippen LogP contribution in [0, 0.1) is 0 Å². The summed E-state index contributed by atoms with van der Waals surface area (Å²) in [6.07, 6.45) is -3.25. The molecule has 24 heavy (non-hydrogen) atoms. The van der Waals surface area contributed by atoms with Crippen LogP contribution in [0.5, 0.6) is 0 Å². The molecule has 0 fully saturated rings. The fraction of sp³-hybridized carbons (Fsp3) is 0.375. The fourth-order valence-corrected chi connectivity index (χ4v) is 3.20. The van der Waals surface area contributed by atoms with Crippen LogP contribution < -0.4 is 5.32 Å². The molecular formula is C16H17F3N2O2S. The van der Waals surface area contributed by atoms with Gasteiger partial charge in [-0.15, -0.1) is 0 Å². The molecule has 8 heteroatoms. The Labute approximate surface area is 142 Å².